The molecule has 6 N–H and O–H groups in total. The van der Waals surface area contributed by atoms with Crippen LogP contribution in [0, 0.1) is 0 Å². The van der Waals surface area contributed by atoms with Gasteiger partial charge in [0.05, 0.1) is 11.2 Å². The van der Waals surface area contributed by atoms with Gasteiger partial charge in [-0.15, -0.1) is 12.4 Å². The summed E-state index contributed by atoms with van der Waals surface area (Å²) in [6.45, 7) is 0.522. The van der Waals surface area contributed by atoms with Gasteiger partial charge in [0.25, 0.3) is 5.91 Å². The molecule has 3 rings (SSSR count). The first-order valence-electron chi connectivity index (χ1n) is 11.2. The largest absolute Gasteiger partial charge is 0.352 e. The van der Waals surface area contributed by atoms with Crippen LogP contribution >= 0.6 is 12.4 Å². The molecule has 0 aliphatic rings. The van der Waals surface area contributed by atoms with Crippen molar-refractivity contribution in [2.45, 2.75) is 38.1 Å². The summed E-state index contributed by atoms with van der Waals surface area (Å²) in [6, 6.07) is 15.0. The lowest BCUT2D eigenvalue weighted by atomic mass is 10.0. The molecule has 0 aliphatic heterocycles. The lowest BCUT2D eigenvalue weighted by molar-refractivity contribution is -0.129. The van der Waals surface area contributed by atoms with Crippen molar-refractivity contribution in [3.63, 3.8) is 0 Å². The molecule has 1 atom stereocenters. The SMILES string of the molecule is Cl.NC(C(=O)Nc1cccc2cccnc12)c1ccc(C(=O)NCCCCCCC(=O)NO)cc1. The Morgan fingerprint density at radius 2 is 1.66 bits per heavy atom. The lowest BCUT2D eigenvalue weighted by Gasteiger charge is -2.14. The molecule has 1 unspecified atom stereocenters. The van der Waals surface area contributed by atoms with Crippen LogP contribution in [0.25, 0.3) is 10.9 Å². The van der Waals surface area contributed by atoms with E-state index in [1.54, 1.807) is 42.0 Å². The van der Waals surface area contributed by atoms with Crippen molar-refractivity contribution >= 4 is 46.7 Å². The van der Waals surface area contributed by atoms with Crippen molar-refractivity contribution < 1.29 is 19.6 Å². The molecule has 1 heterocycles. The standard InChI is InChI=1S/C25H29N5O4.ClH/c26-22(25(33)29-20-9-5-7-18-8-6-16-27-23(18)20)17-11-13-19(14-12-17)24(32)28-15-4-2-1-3-10-21(31)30-34;/h5-9,11-14,16,22,34H,1-4,10,15,26H2,(H,28,32)(H,29,33)(H,30,31);1H. The number of hydroxylamine groups is 1. The van der Waals surface area contributed by atoms with Crippen molar-refractivity contribution in [3.05, 3.63) is 71.9 Å². The molecule has 0 spiro atoms. The van der Waals surface area contributed by atoms with Crippen LogP contribution in [0.15, 0.2) is 60.8 Å². The van der Waals surface area contributed by atoms with E-state index in [0.717, 1.165) is 24.6 Å². The minimum absolute atomic E-state index is 0. The summed E-state index contributed by atoms with van der Waals surface area (Å²) in [7, 11) is 0. The fourth-order valence-corrected chi connectivity index (χ4v) is 3.53. The molecule has 0 fully saturated rings. The first-order valence-corrected chi connectivity index (χ1v) is 11.2. The second-order valence-electron chi connectivity index (χ2n) is 7.92. The van der Waals surface area contributed by atoms with Gasteiger partial charge in [-0.2, -0.15) is 0 Å². The molecule has 9 nitrogen and oxygen atoms in total. The Hall–Kier alpha value is -3.53. The first kappa shape index (κ1) is 27.7. The first-order chi connectivity index (χ1) is 16.5. The van der Waals surface area contributed by atoms with Crippen molar-refractivity contribution in [2.75, 3.05) is 11.9 Å². The van der Waals surface area contributed by atoms with Crippen LogP contribution in [0.2, 0.25) is 0 Å². The quantitative estimate of drug-likeness (QED) is 0.155. The van der Waals surface area contributed by atoms with Crippen molar-refractivity contribution in [2.24, 2.45) is 5.73 Å². The number of nitrogens with zero attached hydrogens (tertiary/aromatic N) is 1. The molecule has 3 aromatic rings. The number of carbonyl (C=O) groups excluding carboxylic acids is 3. The molecule has 1 aromatic heterocycles. The minimum atomic E-state index is -0.899. The van der Waals surface area contributed by atoms with Gasteiger partial charge in [-0.25, -0.2) is 5.48 Å². The zero-order valence-corrected chi connectivity index (χ0v) is 20.0. The Morgan fingerprint density at radius 3 is 2.40 bits per heavy atom. The Bertz CT molecular complexity index is 1130. The Labute approximate surface area is 209 Å². The monoisotopic (exact) mass is 499 g/mol. The predicted octanol–water partition coefficient (Wildman–Crippen LogP) is 3.48. The topological polar surface area (TPSA) is 146 Å². The van der Waals surface area contributed by atoms with Gasteiger partial charge in [-0.05, 0) is 42.7 Å². The fourth-order valence-electron chi connectivity index (χ4n) is 3.53. The zero-order chi connectivity index (χ0) is 24.3. The van der Waals surface area contributed by atoms with E-state index in [1.807, 2.05) is 24.3 Å². The van der Waals surface area contributed by atoms with E-state index in [2.05, 4.69) is 15.6 Å². The number of aromatic nitrogens is 1. The molecular formula is C25H30ClN5O4. The van der Waals surface area contributed by atoms with Gasteiger partial charge >= 0.3 is 0 Å². The van der Waals surface area contributed by atoms with Crippen LogP contribution in [0.3, 0.4) is 0 Å². The Balaban J connectivity index is 0.00000432. The number of nitrogens with two attached hydrogens (primary N) is 1. The molecule has 35 heavy (non-hydrogen) atoms. The summed E-state index contributed by atoms with van der Waals surface area (Å²) >= 11 is 0. The molecule has 0 aliphatic carbocycles. The number of fused-ring (bicyclic) bond motifs is 1. The number of benzene rings is 2. The van der Waals surface area contributed by atoms with Crippen LogP contribution in [0.1, 0.15) is 54.1 Å². The molecule has 0 bridgehead atoms. The molecule has 0 radical (unpaired) electrons. The van der Waals surface area contributed by atoms with Crippen LogP contribution in [0.4, 0.5) is 5.69 Å². The predicted molar refractivity (Wildman–Crippen MR) is 136 cm³/mol. The second kappa shape index (κ2) is 14.0. The van der Waals surface area contributed by atoms with E-state index < -0.39 is 6.04 Å². The molecule has 0 saturated heterocycles. The normalized spacial score (nSPS) is 11.3. The average Bonchev–Trinajstić information content (AvgIpc) is 2.87. The highest BCUT2D eigenvalue weighted by atomic mass is 35.5. The van der Waals surface area contributed by atoms with E-state index in [1.165, 1.54) is 0 Å². The summed E-state index contributed by atoms with van der Waals surface area (Å²) in [6.07, 6.45) is 5.14. The Kier molecular flexibility index (Phi) is 11.1. The van der Waals surface area contributed by atoms with Crippen molar-refractivity contribution in [1.82, 2.24) is 15.8 Å². The van der Waals surface area contributed by atoms with Gasteiger partial charge in [0, 0.05) is 30.1 Å². The molecule has 2 aromatic carbocycles. The number of rotatable bonds is 11. The fraction of sp³-hybridized carbons (Fsp3) is 0.280. The Morgan fingerprint density at radius 1 is 0.943 bits per heavy atom. The maximum Gasteiger partial charge on any atom is 0.251 e. The van der Waals surface area contributed by atoms with Gasteiger partial charge < -0.3 is 16.4 Å². The number of para-hydroxylation sites is 1. The molecule has 0 saturated carbocycles. The number of amides is 3. The number of halogens is 1. The van der Waals surface area contributed by atoms with E-state index >= 15 is 0 Å². The summed E-state index contributed by atoms with van der Waals surface area (Å²) in [4.78, 5) is 40.3. The molecule has 10 heteroatoms. The highest BCUT2D eigenvalue weighted by Gasteiger charge is 2.18. The molecular weight excluding hydrogens is 470 g/mol. The second-order valence-corrected chi connectivity index (χ2v) is 7.92. The average molecular weight is 500 g/mol. The van der Waals surface area contributed by atoms with Gasteiger partial charge in [0.2, 0.25) is 11.8 Å². The summed E-state index contributed by atoms with van der Waals surface area (Å²) in [5.41, 5.74) is 10.1. The third kappa shape index (κ3) is 8.03. The van der Waals surface area contributed by atoms with Crippen LogP contribution in [-0.4, -0.2) is 34.5 Å². The molecule has 186 valence electrons. The smallest absolute Gasteiger partial charge is 0.251 e. The van der Waals surface area contributed by atoms with Crippen molar-refractivity contribution in [1.29, 1.82) is 0 Å². The highest BCUT2D eigenvalue weighted by Crippen LogP contribution is 2.22. The highest BCUT2D eigenvalue weighted by molar-refractivity contribution is 6.02. The van der Waals surface area contributed by atoms with Gasteiger partial charge in [0.1, 0.15) is 6.04 Å². The number of hydrogen-bond acceptors (Lipinski definition) is 6. The third-order valence-electron chi connectivity index (χ3n) is 5.45. The number of carbonyl (C=O) groups is 3. The summed E-state index contributed by atoms with van der Waals surface area (Å²) in [5, 5.41) is 15.0. The van der Waals surface area contributed by atoms with E-state index in [9.17, 15) is 14.4 Å². The zero-order valence-electron chi connectivity index (χ0n) is 19.2. The number of unbranched alkanes of at least 4 members (excludes halogenated alkanes) is 3. The molecule has 3 amide bonds. The van der Waals surface area contributed by atoms with E-state index in [0.29, 0.717) is 35.3 Å². The lowest BCUT2D eigenvalue weighted by Crippen LogP contribution is -2.28. The maximum atomic E-state index is 12.7. The third-order valence-corrected chi connectivity index (χ3v) is 5.45. The number of hydrogen-bond donors (Lipinski definition) is 5. The van der Waals surface area contributed by atoms with Crippen LogP contribution in [0.5, 0.6) is 0 Å². The van der Waals surface area contributed by atoms with Gasteiger partial charge in [-0.3, -0.25) is 24.6 Å². The minimum Gasteiger partial charge on any atom is -0.352 e. The van der Waals surface area contributed by atoms with E-state index in [4.69, 9.17) is 10.9 Å². The van der Waals surface area contributed by atoms with Gasteiger partial charge in [0.15, 0.2) is 0 Å². The van der Waals surface area contributed by atoms with Crippen LogP contribution < -0.4 is 21.8 Å². The number of nitrogens with one attached hydrogen (secondary N) is 3. The number of anilines is 1. The van der Waals surface area contributed by atoms with Crippen LogP contribution in [-0.2, 0) is 9.59 Å². The summed E-state index contributed by atoms with van der Waals surface area (Å²) in [5.74, 6) is -0.961. The number of pyridine rings is 1. The maximum absolute atomic E-state index is 12.7. The van der Waals surface area contributed by atoms with E-state index in [-0.39, 0.29) is 36.5 Å². The summed E-state index contributed by atoms with van der Waals surface area (Å²) < 4.78 is 0. The van der Waals surface area contributed by atoms with Crippen molar-refractivity contribution in [3.8, 4) is 0 Å². The van der Waals surface area contributed by atoms with Gasteiger partial charge in [-0.1, -0.05) is 43.2 Å².